The normalized spacial score (nSPS) is 12.3. The van der Waals surface area contributed by atoms with Crippen molar-refractivity contribution < 1.29 is 33.2 Å². The standard InChI is InChI=1S/C29H39O7P/c1-9-24(30)35-11-12-36-25(17-34-10-2)37(33,28(31)26-20(5)13-18(3)14-21(26)6)29(32)27-22(7)15-19(4)16-23(27)8/h13-16,25H,9-12,17H2,1-8H3. The molecule has 37 heavy (non-hydrogen) atoms. The first kappa shape index (κ1) is 30.6. The fourth-order valence-corrected chi connectivity index (χ4v) is 7.35. The van der Waals surface area contributed by atoms with Crippen molar-refractivity contribution in [3.63, 3.8) is 0 Å². The highest BCUT2D eigenvalue weighted by Crippen LogP contribution is 2.58. The summed E-state index contributed by atoms with van der Waals surface area (Å²) < 4.78 is 31.5. The Bertz CT molecular complexity index is 1100. The minimum Gasteiger partial charge on any atom is -0.463 e. The molecule has 0 aromatic heterocycles. The van der Waals surface area contributed by atoms with E-state index < -0.39 is 30.0 Å². The minimum absolute atomic E-state index is 0.0944. The topological polar surface area (TPSA) is 96.0 Å². The van der Waals surface area contributed by atoms with Crippen molar-refractivity contribution in [1.29, 1.82) is 0 Å². The molecule has 2 rings (SSSR count). The van der Waals surface area contributed by atoms with E-state index in [0.29, 0.717) is 22.3 Å². The van der Waals surface area contributed by atoms with E-state index in [9.17, 15) is 18.9 Å². The van der Waals surface area contributed by atoms with Gasteiger partial charge in [-0.25, -0.2) is 0 Å². The second kappa shape index (κ2) is 13.3. The first-order chi connectivity index (χ1) is 17.4. The molecule has 0 heterocycles. The van der Waals surface area contributed by atoms with Gasteiger partial charge in [0, 0.05) is 24.2 Å². The van der Waals surface area contributed by atoms with Crippen LogP contribution in [0.15, 0.2) is 24.3 Å². The molecule has 2 aromatic rings. The monoisotopic (exact) mass is 530 g/mol. The zero-order valence-electron chi connectivity index (χ0n) is 23.2. The van der Waals surface area contributed by atoms with Crippen LogP contribution < -0.4 is 0 Å². The molecule has 0 bridgehead atoms. The van der Waals surface area contributed by atoms with E-state index in [1.54, 1.807) is 41.5 Å². The maximum Gasteiger partial charge on any atom is 0.305 e. The second-order valence-corrected chi connectivity index (χ2v) is 12.1. The SMILES string of the molecule is CCOCC(OCCOC(=O)CC)P(=O)(C(=O)c1c(C)cc(C)cc1C)C(=O)c1c(C)cc(C)cc1C. The average Bonchev–Trinajstić information content (AvgIpc) is 2.81. The molecule has 0 spiro atoms. The van der Waals surface area contributed by atoms with Crippen molar-refractivity contribution in [2.24, 2.45) is 0 Å². The number of carbonyl (C=O) groups excluding carboxylic acids is 3. The van der Waals surface area contributed by atoms with E-state index in [1.807, 2.05) is 38.1 Å². The first-order valence-corrected chi connectivity index (χ1v) is 14.4. The van der Waals surface area contributed by atoms with E-state index in [-0.39, 0.29) is 44.0 Å². The molecule has 7 nitrogen and oxygen atoms in total. The molecule has 0 aliphatic rings. The molecule has 2 aromatic carbocycles. The maximum atomic E-state index is 15.0. The Balaban J connectivity index is 2.69. The molecule has 8 heteroatoms. The largest absolute Gasteiger partial charge is 0.463 e. The van der Waals surface area contributed by atoms with Crippen molar-refractivity contribution >= 4 is 24.2 Å². The number of benzene rings is 2. The predicted molar refractivity (Wildman–Crippen MR) is 145 cm³/mol. The van der Waals surface area contributed by atoms with Crippen LogP contribution in [0.3, 0.4) is 0 Å². The van der Waals surface area contributed by atoms with E-state index in [2.05, 4.69) is 0 Å². The smallest absolute Gasteiger partial charge is 0.305 e. The number of aryl methyl sites for hydroxylation is 6. The van der Waals surface area contributed by atoms with Crippen LogP contribution in [0.25, 0.3) is 0 Å². The van der Waals surface area contributed by atoms with Crippen LogP contribution in [0, 0.1) is 41.5 Å². The Hall–Kier alpha value is -2.60. The molecule has 0 saturated heterocycles. The van der Waals surface area contributed by atoms with E-state index in [4.69, 9.17) is 14.2 Å². The Morgan fingerprint density at radius 1 is 0.757 bits per heavy atom. The lowest BCUT2D eigenvalue weighted by Crippen LogP contribution is -2.31. The Kier molecular flexibility index (Phi) is 11.0. The van der Waals surface area contributed by atoms with Crippen LogP contribution in [0.2, 0.25) is 0 Å². The van der Waals surface area contributed by atoms with Gasteiger partial charge in [0.1, 0.15) is 12.5 Å². The minimum atomic E-state index is -4.46. The van der Waals surface area contributed by atoms with Gasteiger partial charge >= 0.3 is 5.97 Å². The molecule has 0 aliphatic heterocycles. The van der Waals surface area contributed by atoms with Gasteiger partial charge in [0.2, 0.25) is 11.0 Å². The van der Waals surface area contributed by atoms with Gasteiger partial charge in [-0.15, -0.1) is 0 Å². The highest BCUT2D eigenvalue weighted by Gasteiger charge is 2.50. The van der Waals surface area contributed by atoms with Crippen LogP contribution in [0.5, 0.6) is 0 Å². The summed E-state index contributed by atoms with van der Waals surface area (Å²) in [6, 6.07) is 7.33. The third kappa shape index (κ3) is 7.04. The molecular weight excluding hydrogens is 491 g/mol. The summed E-state index contributed by atoms with van der Waals surface area (Å²) in [5, 5.41) is 0. The van der Waals surface area contributed by atoms with Gasteiger partial charge in [0.25, 0.3) is 7.14 Å². The third-order valence-corrected chi connectivity index (χ3v) is 8.96. The van der Waals surface area contributed by atoms with Crippen LogP contribution >= 0.6 is 7.14 Å². The zero-order valence-corrected chi connectivity index (χ0v) is 24.1. The molecule has 0 amide bonds. The number of rotatable bonds is 13. The number of hydrogen-bond acceptors (Lipinski definition) is 7. The maximum absolute atomic E-state index is 15.0. The first-order valence-electron chi connectivity index (χ1n) is 12.6. The van der Waals surface area contributed by atoms with Gasteiger partial charge in [-0.2, -0.15) is 0 Å². The fraction of sp³-hybridized carbons (Fsp3) is 0.483. The average molecular weight is 531 g/mol. The molecule has 0 fully saturated rings. The summed E-state index contributed by atoms with van der Waals surface area (Å²) in [5.74, 6) is -1.75. The van der Waals surface area contributed by atoms with Gasteiger partial charge in [-0.1, -0.05) is 42.3 Å². The molecule has 0 saturated carbocycles. The third-order valence-electron chi connectivity index (χ3n) is 6.20. The van der Waals surface area contributed by atoms with Gasteiger partial charge < -0.3 is 18.8 Å². The molecule has 1 unspecified atom stereocenters. The molecule has 1 atom stereocenters. The summed E-state index contributed by atoms with van der Waals surface area (Å²) in [4.78, 5) is 40.0. The fourth-order valence-electron chi connectivity index (χ4n) is 4.64. The molecule has 202 valence electrons. The Morgan fingerprint density at radius 3 is 1.57 bits per heavy atom. The van der Waals surface area contributed by atoms with Gasteiger partial charge in [0.05, 0.1) is 13.2 Å². The van der Waals surface area contributed by atoms with Gasteiger partial charge in [-0.3, -0.25) is 14.4 Å². The van der Waals surface area contributed by atoms with Crippen molar-refractivity contribution in [2.75, 3.05) is 26.4 Å². The molecular formula is C29H39O7P. The number of hydrogen-bond donors (Lipinski definition) is 0. The summed E-state index contributed by atoms with van der Waals surface area (Å²) in [6.45, 7) is 14.2. The number of ether oxygens (including phenoxy) is 3. The van der Waals surface area contributed by atoms with E-state index in [0.717, 1.165) is 11.1 Å². The zero-order chi connectivity index (χ0) is 27.9. The van der Waals surface area contributed by atoms with E-state index >= 15 is 0 Å². The summed E-state index contributed by atoms with van der Waals surface area (Å²) >= 11 is 0. The molecule has 0 radical (unpaired) electrons. The van der Waals surface area contributed by atoms with E-state index in [1.165, 1.54) is 0 Å². The summed E-state index contributed by atoms with van der Waals surface area (Å²) in [6.07, 6.45) is 0.204. The van der Waals surface area contributed by atoms with Crippen molar-refractivity contribution in [3.8, 4) is 0 Å². The summed E-state index contributed by atoms with van der Waals surface area (Å²) in [5.41, 5.74) is 3.49. The highest BCUT2D eigenvalue weighted by molar-refractivity contribution is 7.95. The lowest BCUT2D eigenvalue weighted by Gasteiger charge is -2.28. The number of esters is 1. The van der Waals surface area contributed by atoms with Crippen LogP contribution in [-0.4, -0.2) is 49.3 Å². The molecule has 0 aliphatic carbocycles. The molecule has 0 N–H and O–H groups in total. The van der Waals surface area contributed by atoms with Gasteiger partial charge in [0.15, 0.2) is 0 Å². The highest BCUT2D eigenvalue weighted by atomic mass is 31.2. The van der Waals surface area contributed by atoms with Crippen molar-refractivity contribution in [2.45, 2.75) is 67.7 Å². The Morgan fingerprint density at radius 2 is 1.19 bits per heavy atom. The lowest BCUT2D eigenvalue weighted by atomic mass is 10.0. The summed E-state index contributed by atoms with van der Waals surface area (Å²) in [7, 11) is -4.46. The lowest BCUT2D eigenvalue weighted by molar-refractivity contribution is -0.145. The Labute approximate surface area is 220 Å². The van der Waals surface area contributed by atoms with Crippen LogP contribution in [0.1, 0.15) is 74.4 Å². The van der Waals surface area contributed by atoms with Crippen LogP contribution in [-0.2, 0) is 23.6 Å². The quantitative estimate of drug-likeness (QED) is 0.172. The van der Waals surface area contributed by atoms with Crippen LogP contribution in [0.4, 0.5) is 0 Å². The van der Waals surface area contributed by atoms with Crippen molar-refractivity contribution in [3.05, 3.63) is 68.8 Å². The van der Waals surface area contributed by atoms with Gasteiger partial charge in [-0.05, 0) is 70.7 Å². The predicted octanol–water partition coefficient (Wildman–Crippen LogP) is 6.21. The number of carbonyl (C=O) groups is 3. The second-order valence-electron chi connectivity index (χ2n) is 9.37. The van der Waals surface area contributed by atoms with Crippen molar-refractivity contribution in [1.82, 2.24) is 0 Å².